The van der Waals surface area contributed by atoms with Gasteiger partial charge in [0.25, 0.3) is 0 Å². The van der Waals surface area contributed by atoms with Crippen LogP contribution in [0.5, 0.6) is 5.75 Å². The number of hydrogen-bond donors (Lipinski definition) is 0. The van der Waals surface area contributed by atoms with Crippen molar-refractivity contribution in [3.05, 3.63) is 29.3 Å². The highest BCUT2D eigenvalue weighted by Crippen LogP contribution is 2.28. The Kier molecular flexibility index (Phi) is 6.16. The Labute approximate surface area is 159 Å². The van der Waals surface area contributed by atoms with Gasteiger partial charge < -0.3 is 9.64 Å². The summed E-state index contributed by atoms with van der Waals surface area (Å²) < 4.78 is 6.12. The monoisotopic (exact) mass is 356 g/mol. The molecule has 2 aliphatic heterocycles. The van der Waals surface area contributed by atoms with E-state index >= 15 is 0 Å². The normalized spacial score (nSPS) is 25.3. The summed E-state index contributed by atoms with van der Waals surface area (Å²) in [5.41, 5.74) is 3.04. The van der Waals surface area contributed by atoms with E-state index in [0.29, 0.717) is 0 Å². The summed E-state index contributed by atoms with van der Waals surface area (Å²) in [6.45, 7) is 5.75. The van der Waals surface area contributed by atoms with Crippen molar-refractivity contribution in [2.24, 2.45) is 5.92 Å². The van der Waals surface area contributed by atoms with Gasteiger partial charge in [-0.25, -0.2) is 0 Å². The standard InChI is InChI=1S/C23H36N2O/c1-24-13-5-8-22(24)12-15-26-23-10-9-20-11-14-25(18-21(20)16-23)17-19-6-3-2-4-7-19/h9-10,16,19,22H,2-8,11-15,17-18H2,1H3/t22-/m1/s1. The second-order valence-corrected chi connectivity index (χ2v) is 8.83. The van der Waals surface area contributed by atoms with Crippen LogP contribution in [0.1, 0.15) is 62.5 Å². The Bertz CT molecular complexity index is 582. The predicted molar refractivity (Wildman–Crippen MR) is 108 cm³/mol. The first kappa shape index (κ1) is 18.3. The summed E-state index contributed by atoms with van der Waals surface area (Å²) in [6, 6.07) is 7.54. The van der Waals surface area contributed by atoms with Crippen LogP contribution in [0.25, 0.3) is 0 Å². The molecule has 3 aliphatic rings. The molecule has 3 nitrogen and oxygen atoms in total. The second kappa shape index (κ2) is 8.75. The number of likely N-dealkylation sites (tertiary alicyclic amines) is 1. The second-order valence-electron chi connectivity index (χ2n) is 8.83. The largest absolute Gasteiger partial charge is 0.494 e. The highest BCUT2D eigenvalue weighted by atomic mass is 16.5. The van der Waals surface area contributed by atoms with E-state index in [0.717, 1.165) is 37.3 Å². The van der Waals surface area contributed by atoms with E-state index in [9.17, 15) is 0 Å². The molecule has 1 aromatic rings. The third-order valence-electron chi connectivity index (χ3n) is 6.90. The highest BCUT2D eigenvalue weighted by molar-refractivity contribution is 5.37. The summed E-state index contributed by atoms with van der Waals surface area (Å²) >= 11 is 0. The SMILES string of the molecule is CN1CCC[C@@H]1CCOc1ccc2c(c1)CN(CC1CCCCC1)CC2. The van der Waals surface area contributed by atoms with E-state index < -0.39 is 0 Å². The zero-order valence-electron chi connectivity index (χ0n) is 16.6. The molecule has 2 fully saturated rings. The minimum atomic E-state index is 0.721. The lowest BCUT2D eigenvalue weighted by Crippen LogP contribution is -2.35. The third-order valence-corrected chi connectivity index (χ3v) is 6.90. The van der Waals surface area contributed by atoms with Gasteiger partial charge >= 0.3 is 0 Å². The van der Waals surface area contributed by atoms with Gasteiger partial charge in [-0.15, -0.1) is 0 Å². The fourth-order valence-corrected chi connectivity index (χ4v) is 5.23. The van der Waals surface area contributed by atoms with Gasteiger partial charge in [-0.1, -0.05) is 25.3 Å². The molecule has 0 aromatic heterocycles. The molecule has 0 spiro atoms. The number of fused-ring (bicyclic) bond motifs is 1. The smallest absolute Gasteiger partial charge is 0.119 e. The van der Waals surface area contributed by atoms with E-state index in [4.69, 9.17) is 4.74 Å². The summed E-state index contributed by atoms with van der Waals surface area (Å²) in [7, 11) is 2.25. The van der Waals surface area contributed by atoms with Gasteiger partial charge in [0.15, 0.2) is 0 Å². The summed E-state index contributed by atoms with van der Waals surface area (Å²) in [5, 5.41) is 0. The first-order valence-electron chi connectivity index (χ1n) is 10.9. The van der Waals surface area contributed by atoms with E-state index in [1.807, 2.05) is 0 Å². The van der Waals surface area contributed by atoms with Crippen molar-refractivity contribution in [1.29, 1.82) is 0 Å². The van der Waals surface area contributed by atoms with Gasteiger partial charge in [0.05, 0.1) is 6.61 Å². The van der Waals surface area contributed by atoms with Gasteiger partial charge in [-0.05, 0) is 81.3 Å². The van der Waals surface area contributed by atoms with Crippen LogP contribution in [-0.2, 0) is 13.0 Å². The lowest BCUT2D eigenvalue weighted by molar-refractivity contribution is 0.186. The Hall–Kier alpha value is -1.06. The van der Waals surface area contributed by atoms with E-state index in [1.54, 1.807) is 0 Å². The molecule has 0 amide bonds. The van der Waals surface area contributed by atoms with Crippen LogP contribution in [-0.4, -0.2) is 49.1 Å². The molecule has 0 N–H and O–H groups in total. The van der Waals surface area contributed by atoms with Crippen LogP contribution in [0, 0.1) is 5.92 Å². The number of ether oxygens (including phenoxy) is 1. The number of benzene rings is 1. The Morgan fingerprint density at radius 2 is 1.88 bits per heavy atom. The molecule has 1 saturated heterocycles. The maximum atomic E-state index is 6.12. The highest BCUT2D eigenvalue weighted by Gasteiger charge is 2.22. The fraction of sp³-hybridized carbons (Fsp3) is 0.739. The lowest BCUT2D eigenvalue weighted by atomic mass is 9.88. The van der Waals surface area contributed by atoms with Gasteiger partial charge in [0.2, 0.25) is 0 Å². The quantitative estimate of drug-likeness (QED) is 0.747. The molecule has 1 aromatic carbocycles. The van der Waals surface area contributed by atoms with Crippen LogP contribution in [0.4, 0.5) is 0 Å². The molecule has 144 valence electrons. The number of rotatable bonds is 6. The molecule has 4 rings (SSSR count). The minimum absolute atomic E-state index is 0.721. The van der Waals surface area contributed by atoms with Crippen molar-refractivity contribution in [2.75, 3.05) is 33.3 Å². The fourth-order valence-electron chi connectivity index (χ4n) is 5.23. The minimum Gasteiger partial charge on any atom is -0.494 e. The van der Waals surface area contributed by atoms with Gasteiger partial charge in [0, 0.05) is 25.7 Å². The van der Waals surface area contributed by atoms with Crippen molar-refractivity contribution >= 4 is 0 Å². The van der Waals surface area contributed by atoms with Crippen molar-refractivity contribution in [2.45, 2.75) is 70.4 Å². The lowest BCUT2D eigenvalue weighted by Gasteiger charge is -2.33. The maximum absolute atomic E-state index is 6.12. The predicted octanol–water partition coefficient (Wildman–Crippen LogP) is 4.49. The molecule has 3 heteroatoms. The molecule has 1 saturated carbocycles. The summed E-state index contributed by atoms with van der Waals surface area (Å²) in [4.78, 5) is 5.18. The first-order valence-corrected chi connectivity index (χ1v) is 10.9. The van der Waals surface area contributed by atoms with Crippen LogP contribution < -0.4 is 4.74 Å². The topological polar surface area (TPSA) is 15.7 Å². The van der Waals surface area contributed by atoms with Crippen LogP contribution in [0.3, 0.4) is 0 Å². The Balaban J connectivity index is 1.29. The average Bonchev–Trinajstić information content (AvgIpc) is 3.07. The van der Waals surface area contributed by atoms with Crippen molar-refractivity contribution < 1.29 is 4.74 Å². The Morgan fingerprint density at radius 1 is 1.00 bits per heavy atom. The van der Waals surface area contributed by atoms with Crippen molar-refractivity contribution in [1.82, 2.24) is 9.80 Å². The first-order chi connectivity index (χ1) is 12.8. The van der Waals surface area contributed by atoms with Crippen molar-refractivity contribution in [3.8, 4) is 5.75 Å². The van der Waals surface area contributed by atoms with Crippen molar-refractivity contribution in [3.63, 3.8) is 0 Å². The molecule has 1 atom stereocenters. The number of hydrogen-bond acceptors (Lipinski definition) is 3. The molecule has 0 radical (unpaired) electrons. The van der Waals surface area contributed by atoms with Gasteiger partial charge in [0.1, 0.15) is 5.75 Å². The molecule has 2 heterocycles. The van der Waals surface area contributed by atoms with E-state index in [-0.39, 0.29) is 0 Å². The van der Waals surface area contributed by atoms with E-state index in [1.165, 1.54) is 82.1 Å². The molecular formula is C23H36N2O. The van der Waals surface area contributed by atoms with Gasteiger partial charge in [-0.3, -0.25) is 4.90 Å². The zero-order chi connectivity index (χ0) is 17.8. The molecular weight excluding hydrogens is 320 g/mol. The molecule has 0 unspecified atom stereocenters. The average molecular weight is 357 g/mol. The summed E-state index contributed by atoms with van der Waals surface area (Å²) in [5.74, 6) is 2.01. The Morgan fingerprint density at radius 3 is 2.69 bits per heavy atom. The third kappa shape index (κ3) is 4.61. The van der Waals surface area contributed by atoms with E-state index in [2.05, 4.69) is 35.0 Å². The van der Waals surface area contributed by atoms with Crippen LogP contribution in [0.15, 0.2) is 18.2 Å². The zero-order valence-corrected chi connectivity index (χ0v) is 16.6. The van der Waals surface area contributed by atoms with Crippen LogP contribution in [0.2, 0.25) is 0 Å². The molecule has 26 heavy (non-hydrogen) atoms. The molecule has 1 aliphatic carbocycles. The maximum Gasteiger partial charge on any atom is 0.119 e. The summed E-state index contributed by atoms with van der Waals surface area (Å²) in [6.07, 6.45) is 12.3. The van der Waals surface area contributed by atoms with Crippen LogP contribution >= 0.6 is 0 Å². The number of nitrogens with zero attached hydrogens (tertiary/aromatic N) is 2. The van der Waals surface area contributed by atoms with Gasteiger partial charge in [-0.2, -0.15) is 0 Å². The molecule has 0 bridgehead atoms.